The number of aliphatic carboxylic acids is 1. The summed E-state index contributed by atoms with van der Waals surface area (Å²) in [4.78, 5) is 23.2. The van der Waals surface area contributed by atoms with Crippen LogP contribution >= 0.6 is 0 Å². The average Bonchev–Trinajstić information content (AvgIpc) is 2.36. The maximum Gasteiger partial charge on any atom is 0.328 e. The molecule has 1 rings (SSSR count). The Bertz CT molecular complexity index is 677. The first kappa shape index (κ1) is 17.2. The molecule has 1 aromatic rings. The molecule has 0 aliphatic carbocycles. The molecule has 2 N–H and O–H groups in total. The van der Waals surface area contributed by atoms with Gasteiger partial charge in [0.25, 0.3) is 5.91 Å². The van der Waals surface area contributed by atoms with Crippen LogP contribution in [0.3, 0.4) is 0 Å². The summed E-state index contributed by atoms with van der Waals surface area (Å²) in [7, 11) is -3.46. The molecule has 0 aromatic heterocycles. The Balaban J connectivity index is 3.22. The van der Waals surface area contributed by atoms with Crippen molar-refractivity contribution >= 4 is 21.7 Å². The minimum Gasteiger partial charge on any atom is -0.480 e. The molecule has 7 heteroatoms. The van der Waals surface area contributed by atoms with Crippen LogP contribution in [0.25, 0.3) is 0 Å². The molecular formula is C14H19NO5S. The summed E-state index contributed by atoms with van der Waals surface area (Å²) in [5.41, 5.74) is -0.709. The van der Waals surface area contributed by atoms with E-state index in [2.05, 4.69) is 5.32 Å². The smallest absolute Gasteiger partial charge is 0.328 e. The summed E-state index contributed by atoms with van der Waals surface area (Å²) in [6, 6.07) is 4.33. The Labute approximate surface area is 124 Å². The summed E-state index contributed by atoms with van der Waals surface area (Å²) in [5.74, 6) is -1.81. The average molecular weight is 313 g/mol. The van der Waals surface area contributed by atoms with Crippen molar-refractivity contribution in [2.75, 3.05) is 6.26 Å². The number of amides is 1. The van der Waals surface area contributed by atoms with Gasteiger partial charge in [0.15, 0.2) is 9.84 Å². The van der Waals surface area contributed by atoms with Crippen LogP contribution < -0.4 is 5.32 Å². The van der Waals surface area contributed by atoms with Crippen LogP contribution in [-0.2, 0) is 21.1 Å². The van der Waals surface area contributed by atoms with E-state index in [1.165, 1.54) is 26.0 Å². The van der Waals surface area contributed by atoms with Crippen molar-refractivity contribution in [3.05, 3.63) is 29.3 Å². The van der Waals surface area contributed by atoms with Gasteiger partial charge >= 0.3 is 5.97 Å². The molecule has 0 heterocycles. The van der Waals surface area contributed by atoms with E-state index < -0.39 is 27.3 Å². The third-order valence-corrected chi connectivity index (χ3v) is 4.25. The molecule has 1 aromatic carbocycles. The van der Waals surface area contributed by atoms with Crippen LogP contribution in [0.1, 0.15) is 36.7 Å². The lowest BCUT2D eigenvalue weighted by Gasteiger charge is -2.21. The Morgan fingerprint density at radius 3 is 2.29 bits per heavy atom. The first-order chi connectivity index (χ1) is 9.49. The summed E-state index contributed by atoms with van der Waals surface area (Å²) in [5, 5.41) is 11.3. The van der Waals surface area contributed by atoms with Crippen molar-refractivity contribution < 1.29 is 23.1 Å². The number of sulfone groups is 1. The van der Waals surface area contributed by atoms with Crippen molar-refractivity contribution in [3.8, 4) is 0 Å². The van der Waals surface area contributed by atoms with Crippen LogP contribution in [0, 0.1) is 0 Å². The summed E-state index contributed by atoms with van der Waals surface area (Å²) in [6.45, 7) is 4.52. The molecule has 0 saturated carbocycles. The molecule has 0 unspecified atom stereocenters. The van der Waals surface area contributed by atoms with Crippen LogP contribution in [0.15, 0.2) is 23.1 Å². The van der Waals surface area contributed by atoms with E-state index in [1.807, 2.05) is 6.92 Å². The van der Waals surface area contributed by atoms with E-state index in [-0.39, 0.29) is 10.5 Å². The van der Waals surface area contributed by atoms with Gasteiger partial charge in [0.2, 0.25) is 0 Å². The predicted octanol–water partition coefficient (Wildman–Crippen LogP) is 1.25. The normalized spacial score (nSPS) is 12.0. The van der Waals surface area contributed by atoms with Crippen LogP contribution in [0.4, 0.5) is 0 Å². The molecule has 0 aliphatic rings. The third kappa shape index (κ3) is 4.04. The Morgan fingerprint density at radius 2 is 1.86 bits per heavy atom. The monoisotopic (exact) mass is 313 g/mol. The quantitative estimate of drug-likeness (QED) is 0.852. The number of carbonyl (C=O) groups excluding carboxylic acids is 1. The molecule has 0 atom stereocenters. The first-order valence-electron chi connectivity index (χ1n) is 6.38. The summed E-state index contributed by atoms with van der Waals surface area (Å²) < 4.78 is 23.5. The lowest BCUT2D eigenvalue weighted by Crippen LogP contribution is -2.49. The van der Waals surface area contributed by atoms with Crippen molar-refractivity contribution in [1.82, 2.24) is 5.32 Å². The minimum absolute atomic E-state index is 0.0887. The van der Waals surface area contributed by atoms with Crippen LogP contribution in [-0.4, -0.2) is 37.2 Å². The number of benzene rings is 1. The zero-order chi connectivity index (χ0) is 16.4. The van der Waals surface area contributed by atoms with E-state index >= 15 is 0 Å². The first-order valence-corrected chi connectivity index (χ1v) is 8.27. The van der Waals surface area contributed by atoms with Gasteiger partial charge in [0, 0.05) is 11.8 Å². The number of carboxylic acid groups (broad SMARTS) is 1. The van der Waals surface area contributed by atoms with Gasteiger partial charge in [-0.25, -0.2) is 13.2 Å². The molecule has 1 amide bonds. The maximum absolute atomic E-state index is 12.1. The largest absolute Gasteiger partial charge is 0.480 e. The molecule has 0 fully saturated rings. The second-order valence-corrected chi connectivity index (χ2v) is 7.32. The standard InChI is InChI=1S/C14H19NO5S/c1-5-9-6-7-10(8-11(9)21(4,19)20)12(16)15-14(2,3)13(17)18/h6-8H,5H2,1-4H3,(H,15,16)(H,17,18). The summed E-state index contributed by atoms with van der Waals surface area (Å²) in [6.07, 6.45) is 1.59. The fourth-order valence-electron chi connectivity index (χ4n) is 1.74. The van der Waals surface area contributed by atoms with Crippen molar-refractivity contribution in [2.24, 2.45) is 0 Å². The number of rotatable bonds is 5. The molecule has 6 nitrogen and oxygen atoms in total. The van der Waals surface area contributed by atoms with Crippen LogP contribution in [0.5, 0.6) is 0 Å². The van der Waals surface area contributed by atoms with Gasteiger partial charge in [-0.3, -0.25) is 4.79 Å². The lowest BCUT2D eigenvalue weighted by molar-refractivity contribution is -0.143. The fraction of sp³-hybridized carbons (Fsp3) is 0.429. The van der Waals surface area contributed by atoms with E-state index in [1.54, 1.807) is 6.07 Å². The molecule has 0 spiro atoms. The number of nitrogens with one attached hydrogen (secondary N) is 1. The highest BCUT2D eigenvalue weighted by Crippen LogP contribution is 2.19. The molecule has 21 heavy (non-hydrogen) atoms. The molecule has 0 radical (unpaired) electrons. The van der Waals surface area contributed by atoms with E-state index in [4.69, 9.17) is 5.11 Å². The van der Waals surface area contributed by atoms with E-state index in [0.717, 1.165) is 6.26 Å². The topological polar surface area (TPSA) is 101 Å². The zero-order valence-corrected chi connectivity index (χ0v) is 13.2. The van der Waals surface area contributed by atoms with Gasteiger partial charge in [0.05, 0.1) is 4.90 Å². The molecule has 0 saturated heterocycles. The lowest BCUT2D eigenvalue weighted by atomic mass is 10.0. The van der Waals surface area contributed by atoms with Gasteiger partial charge in [-0.2, -0.15) is 0 Å². The minimum atomic E-state index is -3.46. The van der Waals surface area contributed by atoms with E-state index in [9.17, 15) is 18.0 Å². The van der Waals surface area contributed by atoms with Crippen molar-refractivity contribution in [1.29, 1.82) is 0 Å². The van der Waals surface area contributed by atoms with Gasteiger partial charge in [0.1, 0.15) is 5.54 Å². The zero-order valence-electron chi connectivity index (χ0n) is 12.4. The highest BCUT2D eigenvalue weighted by molar-refractivity contribution is 7.90. The fourth-order valence-corrected chi connectivity index (χ4v) is 2.77. The highest BCUT2D eigenvalue weighted by Gasteiger charge is 2.29. The van der Waals surface area contributed by atoms with E-state index in [0.29, 0.717) is 12.0 Å². The Morgan fingerprint density at radius 1 is 1.29 bits per heavy atom. The molecule has 0 bridgehead atoms. The summed E-state index contributed by atoms with van der Waals surface area (Å²) >= 11 is 0. The number of hydrogen-bond donors (Lipinski definition) is 2. The maximum atomic E-state index is 12.1. The number of carbonyl (C=O) groups is 2. The predicted molar refractivity (Wildman–Crippen MR) is 78.1 cm³/mol. The van der Waals surface area contributed by atoms with Gasteiger partial charge in [-0.15, -0.1) is 0 Å². The van der Waals surface area contributed by atoms with Crippen molar-refractivity contribution in [3.63, 3.8) is 0 Å². The highest BCUT2D eigenvalue weighted by atomic mass is 32.2. The molecule has 0 aliphatic heterocycles. The SMILES string of the molecule is CCc1ccc(C(=O)NC(C)(C)C(=O)O)cc1S(C)(=O)=O. The number of hydrogen-bond acceptors (Lipinski definition) is 4. The van der Waals surface area contributed by atoms with Crippen molar-refractivity contribution in [2.45, 2.75) is 37.6 Å². The van der Waals surface area contributed by atoms with Gasteiger partial charge in [-0.1, -0.05) is 13.0 Å². The Hall–Kier alpha value is -1.89. The Kier molecular flexibility index (Phi) is 4.78. The van der Waals surface area contributed by atoms with Gasteiger partial charge < -0.3 is 10.4 Å². The number of carboxylic acids is 1. The molecular weight excluding hydrogens is 294 g/mol. The van der Waals surface area contributed by atoms with Gasteiger partial charge in [-0.05, 0) is 38.0 Å². The molecule has 116 valence electrons. The third-order valence-electron chi connectivity index (χ3n) is 3.07. The second-order valence-electron chi connectivity index (χ2n) is 5.33. The second kappa shape index (κ2) is 5.85. The van der Waals surface area contributed by atoms with Crippen LogP contribution in [0.2, 0.25) is 0 Å². The number of aryl methyl sites for hydroxylation is 1.